The Morgan fingerprint density at radius 3 is 2.71 bits per heavy atom. The number of hydrogen-bond acceptors (Lipinski definition) is 4. The molecule has 0 saturated heterocycles. The highest BCUT2D eigenvalue weighted by atomic mass is 16.5. The van der Waals surface area contributed by atoms with Gasteiger partial charge >= 0.3 is 0 Å². The molecular weight excluding hydrogens is 214 g/mol. The van der Waals surface area contributed by atoms with Crippen molar-refractivity contribution in [2.75, 3.05) is 6.61 Å². The SMILES string of the molecule is NCc1cccnc1OCCc1ccccn1. The van der Waals surface area contributed by atoms with Crippen molar-refractivity contribution in [2.24, 2.45) is 5.73 Å². The second-order valence-corrected chi connectivity index (χ2v) is 3.59. The van der Waals surface area contributed by atoms with Gasteiger partial charge in [-0.05, 0) is 18.2 Å². The Morgan fingerprint density at radius 2 is 1.94 bits per heavy atom. The molecule has 0 aliphatic heterocycles. The summed E-state index contributed by atoms with van der Waals surface area (Å²) >= 11 is 0. The Kier molecular flexibility index (Phi) is 4.05. The van der Waals surface area contributed by atoms with E-state index in [0.717, 1.165) is 17.7 Å². The third kappa shape index (κ3) is 3.26. The number of rotatable bonds is 5. The van der Waals surface area contributed by atoms with Crippen LogP contribution in [0.25, 0.3) is 0 Å². The predicted molar refractivity (Wildman–Crippen MR) is 65.6 cm³/mol. The Bertz CT molecular complexity index is 459. The molecule has 0 saturated carbocycles. The molecule has 2 rings (SSSR count). The molecule has 2 aromatic rings. The number of pyridine rings is 2. The van der Waals surface area contributed by atoms with Gasteiger partial charge in [-0.15, -0.1) is 0 Å². The highest BCUT2D eigenvalue weighted by Gasteiger charge is 2.02. The summed E-state index contributed by atoms with van der Waals surface area (Å²) in [6.07, 6.45) is 4.25. The van der Waals surface area contributed by atoms with Crippen LogP contribution >= 0.6 is 0 Å². The van der Waals surface area contributed by atoms with Crippen molar-refractivity contribution in [3.63, 3.8) is 0 Å². The second-order valence-electron chi connectivity index (χ2n) is 3.59. The molecule has 2 aromatic heterocycles. The first-order valence-electron chi connectivity index (χ1n) is 5.57. The number of aromatic nitrogens is 2. The van der Waals surface area contributed by atoms with Crippen molar-refractivity contribution < 1.29 is 4.74 Å². The maximum Gasteiger partial charge on any atom is 0.217 e. The molecule has 88 valence electrons. The Morgan fingerprint density at radius 1 is 1.06 bits per heavy atom. The van der Waals surface area contributed by atoms with Gasteiger partial charge in [0, 0.05) is 36.6 Å². The zero-order valence-electron chi connectivity index (χ0n) is 9.54. The summed E-state index contributed by atoms with van der Waals surface area (Å²) < 4.78 is 5.60. The molecule has 4 heteroatoms. The maximum atomic E-state index is 5.60. The van der Waals surface area contributed by atoms with Crippen LogP contribution in [0.4, 0.5) is 0 Å². The zero-order chi connectivity index (χ0) is 11.9. The predicted octanol–water partition coefficient (Wildman–Crippen LogP) is 1.56. The van der Waals surface area contributed by atoms with Gasteiger partial charge in [0.1, 0.15) is 0 Å². The molecule has 0 atom stereocenters. The van der Waals surface area contributed by atoms with E-state index in [2.05, 4.69) is 9.97 Å². The van der Waals surface area contributed by atoms with Crippen molar-refractivity contribution in [1.29, 1.82) is 0 Å². The molecule has 0 spiro atoms. The van der Waals surface area contributed by atoms with Gasteiger partial charge in [0.2, 0.25) is 5.88 Å². The van der Waals surface area contributed by atoms with Crippen molar-refractivity contribution >= 4 is 0 Å². The van der Waals surface area contributed by atoms with E-state index in [1.54, 1.807) is 12.4 Å². The molecule has 0 unspecified atom stereocenters. The van der Waals surface area contributed by atoms with Crippen LogP contribution in [0.15, 0.2) is 42.7 Å². The fourth-order valence-corrected chi connectivity index (χ4v) is 1.51. The maximum absolute atomic E-state index is 5.60. The minimum atomic E-state index is 0.437. The van der Waals surface area contributed by atoms with Gasteiger partial charge in [-0.2, -0.15) is 0 Å². The van der Waals surface area contributed by atoms with Crippen LogP contribution in [0, 0.1) is 0 Å². The topological polar surface area (TPSA) is 61.0 Å². The van der Waals surface area contributed by atoms with E-state index >= 15 is 0 Å². The van der Waals surface area contributed by atoms with Gasteiger partial charge in [-0.25, -0.2) is 4.98 Å². The van der Waals surface area contributed by atoms with Crippen LogP contribution in [0.5, 0.6) is 5.88 Å². The molecule has 2 N–H and O–H groups in total. The number of ether oxygens (including phenoxy) is 1. The van der Waals surface area contributed by atoms with E-state index in [1.165, 1.54) is 0 Å². The summed E-state index contributed by atoms with van der Waals surface area (Å²) in [5.41, 5.74) is 7.54. The van der Waals surface area contributed by atoms with Gasteiger partial charge in [-0.3, -0.25) is 4.98 Å². The van der Waals surface area contributed by atoms with Crippen molar-refractivity contribution in [1.82, 2.24) is 9.97 Å². The van der Waals surface area contributed by atoms with Crippen LogP contribution in [-0.4, -0.2) is 16.6 Å². The average Bonchev–Trinajstić information content (AvgIpc) is 2.40. The van der Waals surface area contributed by atoms with E-state index in [1.807, 2.05) is 30.3 Å². The Balaban J connectivity index is 1.90. The van der Waals surface area contributed by atoms with Gasteiger partial charge < -0.3 is 10.5 Å². The largest absolute Gasteiger partial charge is 0.477 e. The zero-order valence-corrected chi connectivity index (χ0v) is 9.54. The minimum absolute atomic E-state index is 0.437. The molecule has 0 bridgehead atoms. The fraction of sp³-hybridized carbons (Fsp3) is 0.231. The molecule has 0 fully saturated rings. The third-order valence-electron chi connectivity index (χ3n) is 2.39. The number of hydrogen-bond donors (Lipinski definition) is 1. The monoisotopic (exact) mass is 229 g/mol. The minimum Gasteiger partial charge on any atom is -0.477 e. The molecule has 0 amide bonds. The van der Waals surface area contributed by atoms with Crippen LogP contribution in [-0.2, 0) is 13.0 Å². The lowest BCUT2D eigenvalue weighted by atomic mass is 10.2. The first kappa shape index (κ1) is 11.5. The number of nitrogens with zero attached hydrogens (tertiary/aromatic N) is 2. The summed E-state index contributed by atoms with van der Waals surface area (Å²) in [4.78, 5) is 8.39. The average molecular weight is 229 g/mol. The first-order chi connectivity index (χ1) is 8.40. The quantitative estimate of drug-likeness (QED) is 0.845. The molecule has 2 heterocycles. The van der Waals surface area contributed by atoms with Crippen LogP contribution < -0.4 is 10.5 Å². The number of nitrogens with two attached hydrogens (primary N) is 1. The van der Waals surface area contributed by atoms with Crippen molar-refractivity contribution in [3.8, 4) is 5.88 Å². The highest BCUT2D eigenvalue weighted by Crippen LogP contribution is 2.13. The van der Waals surface area contributed by atoms with E-state index in [-0.39, 0.29) is 0 Å². The third-order valence-corrected chi connectivity index (χ3v) is 2.39. The Hall–Kier alpha value is -1.94. The van der Waals surface area contributed by atoms with Crippen LogP contribution in [0.1, 0.15) is 11.3 Å². The molecule has 0 aliphatic rings. The molecule has 0 aromatic carbocycles. The molecule has 0 radical (unpaired) electrons. The molecular formula is C13H15N3O. The molecule has 17 heavy (non-hydrogen) atoms. The summed E-state index contributed by atoms with van der Waals surface area (Å²) in [6, 6.07) is 9.62. The van der Waals surface area contributed by atoms with Crippen LogP contribution in [0.2, 0.25) is 0 Å². The van der Waals surface area contributed by atoms with E-state index in [9.17, 15) is 0 Å². The summed E-state index contributed by atoms with van der Waals surface area (Å²) in [5.74, 6) is 0.617. The van der Waals surface area contributed by atoms with Crippen molar-refractivity contribution in [2.45, 2.75) is 13.0 Å². The van der Waals surface area contributed by atoms with E-state index in [4.69, 9.17) is 10.5 Å². The standard InChI is InChI=1S/C13H15N3O/c14-10-11-4-3-8-16-13(11)17-9-6-12-5-1-2-7-15-12/h1-5,7-8H,6,9-10,14H2. The van der Waals surface area contributed by atoms with Gasteiger partial charge in [0.25, 0.3) is 0 Å². The van der Waals surface area contributed by atoms with Crippen LogP contribution in [0.3, 0.4) is 0 Å². The summed E-state index contributed by atoms with van der Waals surface area (Å²) in [6.45, 7) is 0.994. The first-order valence-corrected chi connectivity index (χ1v) is 5.57. The normalized spacial score (nSPS) is 10.2. The smallest absolute Gasteiger partial charge is 0.217 e. The van der Waals surface area contributed by atoms with Crippen molar-refractivity contribution in [3.05, 3.63) is 54.0 Å². The van der Waals surface area contributed by atoms with Gasteiger partial charge in [0.05, 0.1) is 6.61 Å². The van der Waals surface area contributed by atoms with Gasteiger partial charge in [-0.1, -0.05) is 12.1 Å². The van der Waals surface area contributed by atoms with E-state index in [0.29, 0.717) is 19.0 Å². The lowest BCUT2D eigenvalue weighted by Crippen LogP contribution is -2.07. The fourth-order valence-electron chi connectivity index (χ4n) is 1.51. The van der Waals surface area contributed by atoms with E-state index < -0.39 is 0 Å². The second kappa shape index (κ2) is 5.96. The molecule has 0 aliphatic carbocycles. The summed E-state index contributed by atoms with van der Waals surface area (Å²) in [7, 11) is 0. The lowest BCUT2D eigenvalue weighted by molar-refractivity contribution is 0.305. The molecule has 4 nitrogen and oxygen atoms in total. The summed E-state index contributed by atoms with van der Waals surface area (Å²) in [5, 5.41) is 0. The Labute approximate surface area is 100 Å². The van der Waals surface area contributed by atoms with Gasteiger partial charge in [0.15, 0.2) is 0 Å². The lowest BCUT2D eigenvalue weighted by Gasteiger charge is -2.08. The highest BCUT2D eigenvalue weighted by molar-refractivity contribution is 5.24.